The highest BCUT2D eigenvalue weighted by molar-refractivity contribution is 5.93. The number of carbonyl (C=O) groups excluding carboxylic acids is 1. The van der Waals surface area contributed by atoms with Gasteiger partial charge in [0.05, 0.1) is 5.69 Å². The standard InChI is InChI=1S/C22H31N5O2/c1-14-5-3-8-19(20(14)22(15-9-10-15)24-13-29-25-22)27(21(23)28)18-11-16-6-4-7-17(12-18)26(16)2/h3,5,8,13,15-18,25H,4,6-7,9-12H2,1-2H3,(H2,23,28)/t16-,17+,18+,22?. The van der Waals surface area contributed by atoms with E-state index in [2.05, 4.69) is 30.4 Å². The predicted molar refractivity (Wildman–Crippen MR) is 113 cm³/mol. The van der Waals surface area contributed by atoms with Gasteiger partial charge in [0.2, 0.25) is 0 Å². The number of aryl methyl sites for hydroxylation is 1. The summed E-state index contributed by atoms with van der Waals surface area (Å²) >= 11 is 0. The van der Waals surface area contributed by atoms with Gasteiger partial charge < -0.3 is 15.5 Å². The second-order valence-electron chi connectivity index (χ2n) is 9.20. The van der Waals surface area contributed by atoms with Crippen LogP contribution in [0.5, 0.6) is 0 Å². The summed E-state index contributed by atoms with van der Waals surface area (Å²) in [5.41, 5.74) is 11.6. The Balaban J connectivity index is 1.58. The van der Waals surface area contributed by atoms with Crippen LogP contribution in [0.4, 0.5) is 10.5 Å². The summed E-state index contributed by atoms with van der Waals surface area (Å²) in [6, 6.07) is 6.90. The summed E-state index contributed by atoms with van der Waals surface area (Å²) in [5.74, 6) is 0.368. The maximum Gasteiger partial charge on any atom is 0.319 e. The van der Waals surface area contributed by atoms with E-state index < -0.39 is 5.66 Å². The summed E-state index contributed by atoms with van der Waals surface area (Å²) in [4.78, 5) is 27.3. The number of anilines is 1. The molecule has 2 bridgehead atoms. The lowest BCUT2D eigenvalue weighted by Crippen LogP contribution is -2.58. The van der Waals surface area contributed by atoms with E-state index in [4.69, 9.17) is 15.6 Å². The second kappa shape index (κ2) is 6.99. The van der Waals surface area contributed by atoms with Crippen molar-refractivity contribution in [3.8, 4) is 0 Å². The number of fused-ring (bicyclic) bond motifs is 2. The van der Waals surface area contributed by atoms with Crippen LogP contribution in [-0.4, -0.2) is 42.5 Å². The number of hydrogen-bond acceptors (Lipinski definition) is 5. The summed E-state index contributed by atoms with van der Waals surface area (Å²) in [6.45, 7) is 2.08. The van der Waals surface area contributed by atoms with Crippen molar-refractivity contribution in [3.63, 3.8) is 0 Å². The van der Waals surface area contributed by atoms with Crippen LogP contribution in [0.15, 0.2) is 23.2 Å². The number of hydrogen-bond donors (Lipinski definition) is 2. The zero-order valence-corrected chi connectivity index (χ0v) is 17.3. The number of amides is 2. The number of nitrogens with two attached hydrogens (primary N) is 1. The van der Waals surface area contributed by atoms with Crippen molar-refractivity contribution in [3.05, 3.63) is 29.3 Å². The first-order chi connectivity index (χ1) is 14.0. The number of carbonyl (C=O) groups is 1. The van der Waals surface area contributed by atoms with Gasteiger partial charge in [-0.1, -0.05) is 18.6 Å². The molecule has 156 valence electrons. The molecule has 3 heterocycles. The van der Waals surface area contributed by atoms with E-state index in [-0.39, 0.29) is 12.1 Å². The third-order valence-electron chi connectivity index (χ3n) is 7.50. The zero-order valence-electron chi connectivity index (χ0n) is 17.3. The van der Waals surface area contributed by atoms with Crippen LogP contribution in [0, 0.1) is 12.8 Å². The molecule has 7 nitrogen and oxygen atoms in total. The molecule has 1 saturated carbocycles. The molecule has 2 amide bonds. The minimum Gasteiger partial charge on any atom is -0.394 e. The van der Waals surface area contributed by atoms with Crippen molar-refractivity contribution < 1.29 is 9.63 Å². The van der Waals surface area contributed by atoms with Gasteiger partial charge in [0.1, 0.15) is 0 Å². The Morgan fingerprint density at radius 2 is 2.00 bits per heavy atom. The predicted octanol–water partition coefficient (Wildman–Crippen LogP) is 3.02. The molecule has 3 N–H and O–H groups in total. The monoisotopic (exact) mass is 397 g/mol. The van der Waals surface area contributed by atoms with Crippen molar-refractivity contribution in [1.82, 2.24) is 10.4 Å². The Labute approximate surface area is 172 Å². The van der Waals surface area contributed by atoms with Crippen molar-refractivity contribution in [2.45, 2.75) is 75.7 Å². The van der Waals surface area contributed by atoms with Crippen LogP contribution in [0.2, 0.25) is 0 Å². The third kappa shape index (κ3) is 3.02. The number of primary amides is 1. The first-order valence-corrected chi connectivity index (χ1v) is 10.9. The number of benzene rings is 1. The van der Waals surface area contributed by atoms with Gasteiger partial charge in [0.15, 0.2) is 12.1 Å². The number of nitrogens with zero attached hydrogens (tertiary/aromatic N) is 3. The average molecular weight is 398 g/mol. The second-order valence-corrected chi connectivity index (χ2v) is 9.20. The van der Waals surface area contributed by atoms with Gasteiger partial charge in [-0.3, -0.25) is 4.90 Å². The first kappa shape index (κ1) is 18.9. The molecule has 7 heteroatoms. The first-order valence-electron chi connectivity index (χ1n) is 10.9. The van der Waals surface area contributed by atoms with Gasteiger partial charge in [0, 0.05) is 29.6 Å². The molecule has 2 saturated heterocycles. The smallest absolute Gasteiger partial charge is 0.319 e. The molecule has 3 fully saturated rings. The normalized spacial score (nSPS) is 34.1. The molecule has 0 spiro atoms. The largest absolute Gasteiger partial charge is 0.394 e. The molecule has 0 aromatic heterocycles. The van der Waals surface area contributed by atoms with Gasteiger partial charge in [-0.25, -0.2) is 9.79 Å². The zero-order chi connectivity index (χ0) is 20.2. The van der Waals surface area contributed by atoms with Gasteiger partial charge in [-0.05, 0) is 64.1 Å². The molecule has 1 aliphatic carbocycles. The minimum atomic E-state index is -0.629. The molecule has 1 aromatic carbocycles. The van der Waals surface area contributed by atoms with E-state index in [0.717, 1.165) is 42.5 Å². The van der Waals surface area contributed by atoms with Crippen LogP contribution in [0.25, 0.3) is 0 Å². The molecule has 1 unspecified atom stereocenters. The van der Waals surface area contributed by atoms with E-state index in [0.29, 0.717) is 18.0 Å². The maximum absolute atomic E-state index is 12.8. The molecule has 4 aliphatic rings. The van der Waals surface area contributed by atoms with Crippen LogP contribution in [-0.2, 0) is 10.5 Å². The Hall–Kier alpha value is -2.12. The Morgan fingerprint density at radius 3 is 2.59 bits per heavy atom. The number of aliphatic imine (C=N–C) groups is 1. The van der Waals surface area contributed by atoms with E-state index in [9.17, 15) is 4.79 Å². The lowest BCUT2D eigenvalue weighted by Gasteiger charge is -2.49. The number of piperidine rings is 2. The number of nitrogens with one attached hydrogen (secondary N) is 1. The highest BCUT2D eigenvalue weighted by atomic mass is 16.7. The summed E-state index contributed by atoms with van der Waals surface area (Å²) in [5, 5.41) is 0. The van der Waals surface area contributed by atoms with Crippen LogP contribution >= 0.6 is 0 Å². The molecular weight excluding hydrogens is 366 g/mol. The number of urea groups is 1. The highest BCUT2D eigenvalue weighted by Crippen LogP contribution is 2.51. The number of rotatable bonds is 4. The molecule has 3 aliphatic heterocycles. The van der Waals surface area contributed by atoms with Crippen LogP contribution < -0.4 is 16.1 Å². The summed E-state index contributed by atoms with van der Waals surface area (Å²) < 4.78 is 0. The molecule has 0 radical (unpaired) electrons. The van der Waals surface area contributed by atoms with Gasteiger partial charge in [-0.15, -0.1) is 5.48 Å². The Morgan fingerprint density at radius 1 is 1.28 bits per heavy atom. The van der Waals surface area contributed by atoms with E-state index in [1.165, 1.54) is 25.7 Å². The topological polar surface area (TPSA) is 83.2 Å². The van der Waals surface area contributed by atoms with Crippen molar-refractivity contribution >= 4 is 18.1 Å². The average Bonchev–Trinajstić information content (AvgIpc) is 3.41. The van der Waals surface area contributed by atoms with Crippen molar-refractivity contribution in [2.24, 2.45) is 16.6 Å². The van der Waals surface area contributed by atoms with Crippen molar-refractivity contribution in [1.29, 1.82) is 0 Å². The van der Waals surface area contributed by atoms with E-state index in [1.54, 1.807) is 0 Å². The van der Waals surface area contributed by atoms with Gasteiger partial charge in [-0.2, -0.15) is 0 Å². The van der Waals surface area contributed by atoms with Crippen LogP contribution in [0.3, 0.4) is 0 Å². The van der Waals surface area contributed by atoms with Gasteiger partial charge in [0.25, 0.3) is 0 Å². The molecule has 4 atom stereocenters. The lowest BCUT2D eigenvalue weighted by molar-refractivity contribution is 0.0562. The fourth-order valence-corrected chi connectivity index (χ4v) is 5.90. The fraction of sp³-hybridized carbons (Fsp3) is 0.636. The summed E-state index contributed by atoms with van der Waals surface area (Å²) in [6.07, 6.45) is 9.28. The van der Waals surface area contributed by atoms with Crippen molar-refractivity contribution in [2.75, 3.05) is 11.9 Å². The quantitative estimate of drug-likeness (QED) is 0.818. The third-order valence-corrected chi connectivity index (χ3v) is 7.50. The van der Waals surface area contributed by atoms with E-state index >= 15 is 0 Å². The minimum absolute atomic E-state index is 0.113. The van der Waals surface area contributed by atoms with E-state index in [1.807, 2.05) is 17.0 Å². The molecule has 29 heavy (non-hydrogen) atoms. The fourth-order valence-electron chi connectivity index (χ4n) is 5.90. The Kier molecular flexibility index (Phi) is 4.55. The SMILES string of the molecule is Cc1cccc(N(C(N)=O)[C@H]2C[C@H]3CCC[C@@H](C2)N3C)c1C1(C2CC2)N=CON1. The molecule has 1 aromatic rings. The maximum atomic E-state index is 12.8. The lowest BCUT2D eigenvalue weighted by atomic mass is 9.81. The highest BCUT2D eigenvalue weighted by Gasteiger charge is 2.52. The summed E-state index contributed by atoms with van der Waals surface area (Å²) in [7, 11) is 2.23. The van der Waals surface area contributed by atoms with Gasteiger partial charge >= 0.3 is 6.03 Å². The molecular formula is C22H31N5O2. The number of hydroxylamine groups is 1. The Bertz CT molecular complexity index is 824. The molecule has 5 rings (SSSR count). The van der Waals surface area contributed by atoms with Crippen LogP contribution in [0.1, 0.15) is 56.1 Å².